The standard InChI is InChI=1S/C28H57/c1-5-7-9-11-13-15-16-18-20-22-24-28(4)26-25-27(3)23-21-19-17-14-12-10-8-6-2/h27-28H,4-26H2,1-3H3. The third-order valence-electron chi connectivity index (χ3n) is 6.58. The van der Waals surface area contributed by atoms with Gasteiger partial charge in [0.25, 0.3) is 0 Å². The van der Waals surface area contributed by atoms with Gasteiger partial charge in [0.2, 0.25) is 0 Å². The van der Waals surface area contributed by atoms with Crippen molar-refractivity contribution < 1.29 is 0 Å². The van der Waals surface area contributed by atoms with E-state index in [9.17, 15) is 0 Å². The van der Waals surface area contributed by atoms with E-state index in [0.29, 0.717) is 5.92 Å². The largest absolute Gasteiger partial charge is 0.0654 e. The molecule has 2 unspecified atom stereocenters. The highest BCUT2D eigenvalue weighted by Gasteiger charge is 2.07. The van der Waals surface area contributed by atoms with Gasteiger partial charge in [0.1, 0.15) is 0 Å². The Bertz CT molecular complexity index is 269. The summed E-state index contributed by atoms with van der Waals surface area (Å²) in [5, 5.41) is 0. The Hall–Kier alpha value is 0. The maximum absolute atomic E-state index is 4.43. The van der Waals surface area contributed by atoms with Crippen LogP contribution in [0.3, 0.4) is 0 Å². The van der Waals surface area contributed by atoms with Crippen molar-refractivity contribution in [3.8, 4) is 0 Å². The van der Waals surface area contributed by atoms with Crippen molar-refractivity contribution in [1.29, 1.82) is 0 Å². The summed E-state index contributed by atoms with van der Waals surface area (Å²) < 4.78 is 0. The van der Waals surface area contributed by atoms with E-state index in [1.54, 1.807) is 0 Å². The van der Waals surface area contributed by atoms with Gasteiger partial charge in [-0.15, -0.1) is 0 Å². The Labute approximate surface area is 181 Å². The number of rotatable bonds is 23. The molecule has 0 rings (SSSR count). The number of hydrogen-bond acceptors (Lipinski definition) is 0. The summed E-state index contributed by atoms with van der Waals surface area (Å²) in [6.07, 6.45) is 31.6. The quantitative estimate of drug-likeness (QED) is 0.151. The zero-order valence-corrected chi connectivity index (χ0v) is 20.4. The molecule has 0 spiro atoms. The van der Waals surface area contributed by atoms with Crippen molar-refractivity contribution in [3.05, 3.63) is 6.92 Å². The molecule has 28 heavy (non-hydrogen) atoms. The van der Waals surface area contributed by atoms with E-state index < -0.39 is 0 Å². The van der Waals surface area contributed by atoms with Gasteiger partial charge in [0, 0.05) is 0 Å². The molecule has 0 aliphatic heterocycles. The van der Waals surface area contributed by atoms with Crippen LogP contribution in [-0.4, -0.2) is 0 Å². The van der Waals surface area contributed by atoms with Crippen molar-refractivity contribution in [2.24, 2.45) is 11.8 Å². The van der Waals surface area contributed by atoms with E-state index >= 15 is 0 Å². The highest BCUT2D eigenvalue weighted by atomic mass is 14.1. The average Bonchev–Trinajstić information content (AvgIpc) is 2.69. The van der Waals surface area contributed by atoms with Crippen molar-refractivity contribution in [1.82, 2.24) is 0 Å². The number of hydrogen-bond donors (Lipinski definition) is 0. The Balaban J connectivity index is 3.29. The van der Waals surface area contributed by atoms with Crippen LogP contribution in [0.4, 0.5) is 0 Å². The van der Waals surface area contributed by atoms with Gasteiger partial charge in [-0.3, -0.25) is 0 Å². The molecular formula is C28H57. The van der Waals surface area contributed by atoms with Crippen LogP contribution in [0.15, 0.2) is 0 Å². The lowest BCUT2D eigenvalue weighted by Gasteiger charge is -2.15. The molecule has 0 nitrogen and oxygen atoms in total. The van der Waals surface area contributed by atoms with Crippen LogP contribution in [0.5, 0.6) is 0 Å². The van der Waals surface area contributed by atoms with Crippen molar-refractivity contribution in [3.63, 3.8) is 0 Å². The predicted molar refractivity (Wildman–Crippen MR) is 131 cm³/mol. The van der Waals surface area contributed by atoms with E-state index in [1.807, 2.05) is 0 Å². The molecule has 0 saturated carbocycles. The minimum atomic E-state index is 0.704. The molecule has 0 N–H and O–H groups in total. The minimum absolute atomic E-state index is 0.704. The molecule has 0 aromatic rings. The summed E-state index contributed by atoms with van der Waals surface area (Å²) in [5.41, 5.74) is 0. The molecule has 0 heterocycles. The lowest BCUT2D eigenvalue weighted by molar-refractivity contribution is 0.395. The molecule has 169 valence electrons. The van der Waals surface area contributed by atoms with Crippen LogP contribution in [0.25, 0.3) is 0 Å². The molecule has 2 atom stereocenters. The molecule has 0 bridgehead atoms. The fraction of sp³-hybridized carbons (Fsp3) is 0.964. The first-order valence-electron chi connectivity index (χ1n) is 13.5. The monoisotopic (exact) mass is 393 g/mol. The fourth-order valence-electron chi connectivity index (χ4n) is 4.36. The molecule has 0 amide bonds. The van der Waals surface area contributed by atoms with Gasteiger partial charge in [0.15, 0.2) is 0 Å². The van der Waals surface area contributed by atoms with E-state index in [1.165, 1.54) is 141 Å². The summed E-state index contributed by atoms with van der Waals surface area (Å²) in [6.45, 7) is 11.5. The molecule has 1 radical (unpaired) electrons. The molecule has 0 aromatic heterocycles. The Kier molecular flexibility index (Phi) is 23.3. The van der Waals surface area contributed by atoms with Crippen molar-refractivity contribution in [2.75, 3.05) is 0 Å². The van der Waals surface area contributed by atoms with Gasteiger partial charge in [-0.05, 0) is 11.8 Å². The third-order valence-corrected chi connectivity index (χ3v) is 6.58. The second kappa shape index (κ2) is 23.3. The Morgan fingerprint density at radius 3 is 1.21 bits per heavy atom. The second-order valence-corrected chi connectivity index (χ2v) is 9.78. The van der Waals surface area contributed by atoms with Gasteiger partial charge in [-0.25, -0.2) is 0 Å². The van der Waals surface area contributed by atoms with E-state index in [4.69, 9.17) is 0 Å². The summed E-state index contributed by atoms with van der Waals surface area (Å²) >= 11 is 0. The molecule has 0 saturated heterocycles. The first kappa shape index (κ1) is 28.0. The maximum atomic E-state index is 4.43. The van der Waals surface area contributed by atoms with Gasteiger partial charge >= 0.3 is 0 Å². The van der Waals surface area contributed by atoms with Crippen LogP contribution in [0.2, 0.25) is 0 Å². The van der Waals surface area contributed by atoms with Crippen molar-refractivity contribution in [2.45, 2.75) is 162 Å². The highest BCUT2D eigenvalue weighted by molar-refractivity contribution is 4.65. The Morgan fingerprint density at radius 2 is 0.786 bits per heavy atom. The summed E-state index contributed by atoms with van der Waals surface area (Å²) in [4.78, 5) is 0. The van der Waals surface area contributed by atoms with Crippen LogP contribution in [0.1, 0.15) is 162 Å². The second-order valence-electron chi connectivity index (χ2n) is 9.78. The van der Waals surface area contributed by atoms with Crippen LogP contribution < -0.4 is 0 Å². The van der Waals surface area contributed by atoms with Gasteiger partial charge in [-0.1, -0.05) is 169 Å². The highest BCUT2D eigenvalue weighted by Crippen LogP contribution is 2.22. The molecular weight excluding hydrogens is 336 g/mol. The molecule has 0 aromatic carbocycles. The first-order valence-corrected chi connectivity index (χ1v) is 13.5. The maximum Gasteiger partial charge on any atom is -0.0414 e. The van der Waals surface area contributed by atoms with Crippen molar-refractivity contribution >= 4 is 0 Å². The van der Waals surface area contributed by atoms with Crippen LogP contribution in [0, 0.1) is 18.8 Å². The number of unbranched alkanes of at least 4 members (excludes halogenated alkanes) is 16. The van der Waals surface area contributed by atoms with Gasteiger partial charge in [-0.2, -0.15) is 0 Å². The molecule has 0 aliphatic rings. The predicted octanol–water partition coefficient (Wildman–Crippen LogP) is 10.7. The van der Waals surface area contributed by atoms with E-state index in [0.717, 1.165) is 5.92 Å². The lowest BCUT2D eigenvalue weighted by Crippen LogP contribution is -2.01. The Morgan fingerprint density at radius 1 is 0.429 bits per heavy atom. The smallest absolute Gasteiger partial charge is 0.0414 e. The zero-order valence-electron chi connectivity index (χ0n) is 20.4. The van der Waals surface area contributed by atoms with Gasteiger partial charge in [0.05, 0.1) is 0 Å². The molecule has 0 heteroatoms. The fourth-order valence-corrected chi connectivity index (χ4v) is 4.36. The average molecular weight is 394 g/mol. The molecule has 0 fully saturated rings. The molecule has 0 aliphatic carbocycles. The normalized spacial score (nSPS) is 13.7. The summed E-state index contributed by atoms with van der Waals surface area (Å²) in [5.74, 6) is 1.62. The topological polar surface area (TPSA) is 0 Å². The van der Waals surface area contributed by atoms with E-state index in [2.05, 4.69) is 27.7 Å². The zero-order chi connectivity index (χ0) is 20.7. The lowest BCUT2D eigenvalue weighted by atomic mass is 9.91. The van der Waals surface area contributed by atoms with Crippen LogP contribution >= 0.6 is 0 Å². The first-order chi connectivity index (χ1) is 13.7. The third kappa shape index (κ3) is 22.3. The summed E-state index contributed by atoms with van der Waals surface area (Å²) in [6, 6.07) is 0. The van der Waals surface area contributed by atoms with E-state index in [-0.39, 0.29) is 0 Å². The summed E-state index contributed by atoms with van der Waals surface area (Å²) in [7, 11) is 0. The minimum Gasteiger partial charge on any atom is -0.0654 e. The van der Waals surface area contributed by atoms with Crippen LogP contribution in [-0.2, 0) is 0 Å². The SMILES string of the molecule is [CH2]C(CCCCCCCCCCCC)CCC(C)CCCCCCCCCC. The van der Waals surface area contributed by atoms with Gasteiger partial charge < -0.3 is 0 Å².